The number of nitrogens with one attached hydrogen (secondary N) is 3. The van der Waals surface area contributed by atoms with Crippen LogP contribution < -0.4 is 25.4 Å². The van der Waals surface area contributed by atoms with Crippen LogP contribution in [0.1, 0.15) is 37.8 Å². The fourth-order valence-electron chi connectivity index (χ4n) is 3.33. The zero-order chi connectivity index (χ0) is 18.5. The molecular weight excluding hydrogens is 332 g/mol. The van der Waals surface area contributed by atoms with Crippen LogP contribution in [-0.4, -0.2) is 44.2 Å². The summed E-state index contributed by atoms with van der Waals surface area (Å²) in [4.78, 5) is 16.0. The molecule has 1 amide bonds. The van der Waals surface area contributed by atoms with E-state index in [1.165, 1.54) is 5.56 Å². The van der Waals surface area contributed by atoms with Crippen molar-refractivity contribution in [1.82, 2.24) is 16.0 Å². The summed E-state index contributed by atoms with van der Waals surface area (Å²) in [5.41, 5.74) is 2.18. The Labute approximate surface area is 154 Å². The molecule has 26 heavy (non-hydrogen) atoms. The van der Waals surface area contributed by atoms with E-state index < -0.39 is 0 Å². The lowest BCUT2D eigenvalue weighted by molar-refractivity contribution is -0.122. The first kappa shape index (κ1) is 18.4. The van der Waals surface area contributed by atoms with Gasteiger partial charge in [-0.15, -0.1) is 0 Å². The molecule has 0 saturated carbocycles. The third-order valence-corrected chi connectivity index (χ3v) is 4.66. The molecule has 2 aliphatic rings. The highest BCUT2D eigenvalue weighted by Crippen LogP contribution is 2.35. The zero-order valence-corrected chi connectivity index (χ0v) is 15.7. The number of nitrogens with zero attached hydrogens (tertiary/aromatic N) is 1. The van der Waals surface area contributed by atoms with Gasteiger partial charge >= 0.3 is 0 Å². The second-order valence-corrected chi connectivity index (χ2v) is 6.78. The van der Waals surface area contributed by atoms with Gasteiger partial charge in [0.1, 0.15) is 17.6 Å². The number of carbonyl (C=O) groups excluding carboxylic acids is 1. The van der Waals surface area contributed by atoms with Crippen LogP contribution in [0.15, 0.2) is 17.1 Å². The molecule has 1 aromatic rings. The molecule has 0 aliphatic carbocycles. The van der Waals surface area contributed by atoms with E-state index >= 15 is 0 Å². The predicted octanol–water partition coefficient (Wildman–Crippen LogP) is 1.35. The number of hydrogen-bond acceptors (Lipinski definition) is 4. The predicted molar refractivity (Wildman–Crippen MR) is 101 cm³/mol. The first-order chi connectivity index (χ1) is 12.6. The normalized spacial score (nSPS) is 22.3. The number of benzene rings is 1. The van der Waals surface area contributed by atoms with Gasteiger partial charge in [0.15, 0.2) is 5.96 Å². The molecule has 1 aromatic carbocycles. The Hall–Kier alpha value is -2.44. The van der Waals surface area contributed by atoms with Crippen LogP contribution in [0.2, 0.25) is 0 Å². The molecule has 142 valence electrons. The van der Waals surface area contributed by atoms with Gasteiger partial charge in [0.25, 0.3) is 0 Å². The molecule has 1 fully saturated rings. The van der Waals surface area contributed by atoms with Crippen molar-refractivity contribution >= 4 is 11.9 Å². The van der Waals surface area contributed by atoms with E-state index in [2.05, 4.69) is 28.9 Å². The number of hydrogen-bond donors (Lipinski definition) is 3. The minimum Gasteiger partial charge on any atom is -0.496 e. The summed E-state index contributed by atoms with van der Waals surface area (Å²) in [5, 5.41) is 9.54. The Morgan fingerprint density at radius 3 is 3.00 bits per heavy atom. The van der Waals surface area contributed by atoms with Crippen molar-refractivity contribution in [1.29, 1.82) is 0 Å². The lowest BCUT2D eigenvalue weighted by atomic mass is 10.1. The van der Waals surface area contributed by atoms with Crippen LogP contribution in [0.25, 0.3) is 0 Å². The molecule has 0 aromatic heterocycles. The number of carbonyl (C=O) groups is 1. The number of aliphatic imine (C=N–C) groups is 1. The van der Waals surface area contributed by atoms with E-state index in [1.807, 2.05) is 13.0 Å². The number of ether oxygens (including phenoxy) is 2. The number of rotatable bonds is 5. The maximum Gasteiger partial charge on any atom is 0.220 e. The fraction of sp³-hybridized carbons (Fsp3) is 0.579. The van der Waals surface area contributed by atoms with Gasteiger partial charge < -0.3 is 25.4 Å². The van der Waals surface area contributed by atoms with Crippen LogP contribution in [-0.2, 0) is 17.8 Å². The molecule has 0 spiro atoms. The zero-order valence-electron chi connectivity index (χ0n) is 15.7. The van der Waals surface area contributed by atoms with Gasteiger partial charge in [-0.1, -0.05) is 0 Å². The Balaban J connectivity index is 1.71. The third-order valence-electron chi connectivity index (χ3n) is 4.66. The van der Waals surface area contributed by atoms with E-state index in [-0.39, 0.29) is 18.1 Å². The average molecular weight is 360 g/mol. The molecule has 7 nitrogen and oxygen atoms in total. The van der Waals surface area contributed by atoms with Gasteiger partial charge in [0.05, 0.1) is 13.7 Å². The highest BCUT2D eigenvalue weighted by molar-refractivity contribution is 5.81. The maximum absolute atomic E-state index is 11.3. The SMILES string of the molecule is CCNC(=NCc1cc2c(cc1OC)CC(C)O2)NC1CCC(=O)NC1. The van der Waals surface area contributed by atoms with Crippen LogP contribution in [0, 0.1) is 0 Å². The smallest absolute Gasteiger partial charge is 0.220 e. The second kappa shape index (κ2) is 8.29. The standard InChI is InChI=1S/C19H28N4O3/c1-4-20-19(23-15-5-6-18(24)21-11-15)22-10-14-9-17-13(7-12(2)26-17)8-16(14)25-3/h8-9,12,15H,4-7,10-11H2,1-3H3,(H,21,24)(H2,20,22,23). The van der Waals surface area contributed by atoms with Crippen molar-refractivity contribution in [3.63, 3.8) is 0 Å². The van der Waals surface area contributed by atoms with Crippen LogP contribution in [0.4, 0.5) is 0 Å². The number of fused-ring (bicyclic) bond motifs is 1. The minimum absolute atomic E-state index is 0.113. The van der Waals surface area contributed by atoms with Gasteiger partial charge in [-0.25, -0.2) is 4.99 Å². The van der Waals surface area contributed by atoms with Crippen LogP contribution >= 0.6 is 0 Å². The lowest BCUT2D eigenvalue weighted by Gasteiger charge is -2.25. The van der Waals surface area contributed by atoms with Gasteiger partial charge in [-0.05, 0) is 32.4 Å². The van der Waals surface area contributed by atoms with E-state index in [0.717, 1.165) is 42.4 Å². The van der Waals surface area contributed by atoms with Crippen molar-refractivity contribution in [2.75, 3.05) is 20.2 Å². The largest absolute Gasteiger partial charge is 0.496 e. The molecule has 0 radical (unpaired) electrons. The summed E-state index contributed by atoms with van der Waals surface area (Å²) in [6, 6.07) is 4.28. The molecule has 3 rings (SSSR count). The maximum atomic E-state index is 11.3. The molecule has 0 bridgehead atoms. The molecular formula is C19H28N4O3. The molecule has 2 aliphatic heterocycles. The summed E-state index contributed by atoms with van der Waals surface area (Å²) in [5.74, 6) is 2.62. The Morgan fingerprint density at radius 2 is 2.31 bits per heavy atom. The van der Waals surface area contributed by atoms with Crippen molar-refractivity contribution in [3.8, 4) is 11.5 Å². The summed E-state index contributed by atoms with van der Waals surface area (Å²) >= 11 is 0. The summed E-state index contributed by atoms with van der Waals surface area (Å²) in [7, 11) is 1.68. The molecule has 7 heteroatoms. The molecule has 2 heterocycles. The van der Waals surface area contributed by atoms with Crippen LogP contribution in [0.3, 0.4) is 0 Å². The third kappa shape index (κ3) is 4.39. The summed E-state index contributed by atoms with van der Waals surface area (Å²) in [6.45, 7) is 5.98. The Bertz CT molecular complexity index is 680. The first-order valence-corrected chi connectivity index (χ1v) is 9.27. The van der Waals surface area contributed by atoms with E-state index in [1.54, 1.807) is 7.11 Å². The van der Waals surface area contributed by atoms with Crippen molar-refractivity contribution < 1.29 is 14.3 Å². The van der Waals surface area contributed by atoms with Crippen molar-refractivity contribution in [2.45, 2.75) is 51.8 Å². The number of piperidine rings is 1. The quantitative estimate of drug-likeness (QED) is 0.545. The number of methoxy groups -OCH3 is 1. The Kier molecular flexibility index (Phi) is 5.85. The van der Waals surface area contributed by atoms with Crippen LogP contribution in [0.5, 0.6) is 11.5 Å². The molecule has 1 saturated heterocycles. The highest BCUT2D eigenvalue weighted by Gasteiger charge is 2.22. The van der Waals surface area contributed by atoms with Gasteiger partial charge in [-0.2, -0.15) is 0 Å². The minimum atomic E-state index is 0.113. The van der Waals surface area contributed by atoms with Gasteiger partial charge in [0, 0.05) is 43.1 Å². The van der Waals surface area contributed by atoms with E-state index in [0.29, 0.717) is 19.5 Å². The summed E-state index contributed by atoms with van der Waals surface area (Å²) in [6.07, 6.45) is 2.47. The number of guanidine groups is 1. The van der Waals surface area contributed by atoms with E-state index in [4.69, 9.17) is 14.5 Å². The average Bonchev–Trinajstić information content (AvgIpc) is 2.99. The Morgan fingerprint density at radius 1 is 1.46 bits per heavy atom. The van der Waals surface area contributed by atoms with Crippen molar-refractivity contribution in [3.05, 3.63) is 23.3 Å². The summed E-state index contributed by atoms with van der Waals surface area (Å²) < 4.78 is 11.4. The highest BCUT2D eigenvalue weighted by atomic mass is 16.5. The number of amides is 1. The topological polar surface area (TPSA) is 84.0 Å². The molecule has 2 unspecified atom stereocenters. The monoisotopic (exact) mass is 360 g/mol. The first-order valence-electron chi connectivity index (χ1n) is 9.27. The molecule has 2 atom stereocenters. The van der Waals surface area contributed by atoms with Crippen molar-refractivity contribution in [2.24, 2.45) is 4.99 Å². The molecule has 3 N–H and O–H groups in total. The second-order valence-electron chi connectivity index (χ2n) is 6.78. The van der Waals surface area contributed by atoms with Gasteiger partial charge in [0.2, 0.25) is 5.91 Å². The lowest BCUT2D eigenvalue weighted by Crippen LogP contribution is -2.51. The van der Waals surface area contributed by atoms with Gasteiger partial charge in [-0.3, -0.25) is 4.79 Å². The fourth-order valence-corrected chi connectivity index (χ4v) is 3.33. The van der Waals surface area contributed by atoms with E-state index in [9.17, 15) is 4.79 Å².